The van der Waals surface area contributed by atoms with Crippen LogP contribution in [-0.2, 0) is 11.2 Å². The molecule has 4 nitrogen and oxygen atoms in total. The fourth-order valence-corrected chi connectivity index (χ4v) is 2.37. The van der Waals surface area contributed by atoms with E-state index in [9.17, 15) is 9.59 Å². The highest BCUT2D eigenvalue weighted by atomic mass is 79.9. The highest BCUT2D eigenvalue weighted by molar-refractivity contribution is 9.10. The van der Waals surface area contributed by atoms with Crippen LogP contribution >= 0.6 is 27.5 Å². The minimum Gasteiger partial charge on any atom is -0.273 e. The number of benzene rings is 2. The van der Waals surface area contributed by atoms with Gasteiger partial charge in [0.2, 0.25) is 5.91 Å². The summed E-state index contributed by atoms with van der Waals surface area (Å²) < 4.78 is 0.655. The number of amides is 2. The number of hydrogen-bond donors (Lipinski definition) is 2. The molecule has 0 fully saturated rings. The molecule has 0 spiro atoms. The van der Waals surface area contributed by atoms with Crippen molar-refractivity contribution in [3.05, 3.63) is 69.2 Å². The molecule has 0 radical (unpaired) electrons. The van der Waals surface area contributed by atoms with Gasteiger partial charge in [-0.2, -0.15) is 0 Å². The fraction of sp³-hybridized carbons (Fsp3) is 0.0667. The number of carbonyl (C=O) groups is 2. The summed E-state index contributed by atoms with van der Waals surface area (Å²) in [5, 5.41) is 0.518. The van der Waals surface area contributed by atoms with E-state index in [1.807, 2.05) is 0 Å². The number of hydrazine groups is 1. The Hall–Kier alpha value is -1.85. The Morgan fingerprint density at radius 3 is 2.38 bits per heavy atom. The number of hydrogen-bond acceptors (Lipinski definition) is 2. The standard InChI is InChI=1S/C15H12BrClN2O2/c16-12-7-3-2-6-11(12)15(21)19-18-14(20)9-10-5-1-4-8-13(10)17/h1-8H,9H2,(H,18,20)(H,19,21). The van der Waals surface area contributed by atoms with Gasteiger partial charge in [0.1, 0.15) is 0 Å². The van der Waals surface area contributed by atoms with Crippen molar-refractivity contribution in [2.45, 2.75) is 6.42 Å². The van der Waals surface area contributed by atoms with E-state index in [1.54, 1.807) is 48.5 Å². The van der Waals surface area contributed by atoms with Gasteiger partial charge in [0.25, 0.3) is 5.91 Å². The van der Waals surface area contributed by atoms with Crippen molar-refractivity contribution < 1.29 is 9.59 Å². The first-order valence-electron chi connectivity index (χ1n) is 6.15. The van der Waals surface area contributed by atoms with E-state index in [4.69, 9.17) is 11.6 Å². The molecule has 21 heavy (non-hydrogen) atoms. The lowest BCUT2D eigenvalue weighted by Gasteiger charge is -2.09. The third kappa shape index (κ3) is 4.31. The lowest BCUT2D eigenvalue weighted by atomic mass is 10.1. The number of rotatable bonds is 3. The van der Waals surface area contributed by atoms with Crippen LogP contribution in [0.4, 0.5) is 0 Å². The highest BCUT2D eigenvalue weighted by Gasteiger charge is 2.11. The average molecular weight is 368 g/mol. The minimum atomic E-state index is -0.394. The Balaban J connectivity index is 1.91. The van der Waals surface area contributed by atoms with E-state index >= 15 is 0 Å². The monoisotopic (exact) mass is 366 g/mol. The summed E-state index contributed by atoms with van der Waals surface area (Å²) in [7, 11) is 0. The molecule has 0 saturated heterocycles. The lowest BCUT2D eigenvalue weighted by molar-refractivity contribution is -0.121. The molecule has 2 aromatic carbocycles. The number of halogens is 2. The van der Waals surface area contributed by atoms with Gasteiger partial charge in [-0.3, -0.25) is 20.4 Å². The highest BCUT2D eigenvalue weighted by Crippen LogP contribution is 2.16. The van der Waals surface area contributed by atoms with E-state index < -0.39 is 5.91 Å². The molecular formula is C15H12BrClN2O2. The summed E-state index contributed by atoms with van der Waals surface area (Å²) in [6.07, 6.45) is 0.0932. The molecule has 0 saturated carbocycles. The van der Waals surface area contributed by atoms with Gasteiger partial charge in [-0.25, -0.2) is 0 Å². The molecule has 2 N–H and O–H groups in total. The molecule has 108 valence electrons. The van der Waals surface area contributed by atoms with Crippen molar-refractivity contribution in [2.24, 2.45) is 0 Å². The van der Waals surface area contributed by atoms with Crippen LogP contribution in [0.15, 0.2) is 53.0 Å². The van der Waals surface area contributed by atoms with Crippen molar-refractivity contribution in [1.29, 1.82) is 0 Å². The van der Waals surface area contributed by atoms with Crippen molar-refractivity contribution in [1.82, 2.24) is 10.9 Å². The largest absolute Gasteiger partial charge is 0.273 e. The Bertz CT molecular complexity index is 676. The van der Waals surface area contributed by atoms with Gasteiger partial charge >= 0.3 is 0 Å². The second-order valence-electron chi connectivity index (χ2n) is 4.25. The van der Waals surface area contributed by atoms with Crippen molar-refractivity contribution in [3.63, 3.8) is 0 Å². The van der Waals surface area contributed by atoms with E-state index in [-0.39, 0.29) is 12.3 Å². The van der Waals surface area contributed by atoms with Crippen LogP contribution in [0.25, 0.3) is 0 Å². The minimum absolute atomic E-state index is 0.0932. The topological polar surface area (TPSA) is 58.2 Å². The van der Waals surface area contributed by atoms with E-state index in [1.165, 1.54) is 0 Å². The molecule has 0 aliphatic heterocycles. The molecule has 0 heterocycles. The Morgan fingerprint density at radius 2 is 1.67 bits per heavy atom. The summed E-state index contributed by atoms with van der Waals surface area (Å²) in [4.78, 5) is 23.7. The third-order valence-corrected chi connectivity index (χ3v) is 3.80. The first-order chi connectivity index (χ1) is 10.1. The first-order valence-corrected chi connectivity index (χ1v) is 7.32. The first kappa shape index (κ1) is 15.5. The molecular weight excluding hydrogens is 356 g/mol. The second kappa shape index (κ2) is 7.24. The van der Waals surface area contributed by atoms with E-state index in [0.29, 0.717) is 20.6 Å². The van der Waals surface area contributed by atoms with Crippen LogP contribution in [-0.4, -0.2) is 11.8 Å². The van der Waals surface area contributed by atoms with Gasteiger partial charge in [0, 0.05) is 9.50 Å². The molecule has 0 aliphatic rings. The smallest absolute Gasteiger partial charge is 0.270 e. The average Bonchev–Trinajstić information content (AvgIpc) is 2.48. The predicted molar refractivity (Wildman–Crippen MR) is 84.9 cm³/mol. The maximum absolute atomic E-state index is 11.9. The Morgan fingerprint density at radius 1 is 1.00 bits per heavy atom. The van der Waals surface area contributed by atoms with Gasteiger partial charge in [-0.05, 0) is 39.7 Å². The van der Waals surface area contributed by atoms with Crippen LogP contribution in [0, 0.1) is 0 Å². The van der Waals surface area contributed by atoms with Gasteiger partial charge < -0.3 is 0 Å². The maximum Gasteiger partial charge on any atom is 0.270 e. The zero-order valence-electron chi connectivity index (χ0n) is 10.9. The van der Waals surface area contributed by atoms with E-state index in [0.717, 1.165) is 0 Å². The molecule has 0 bridgehead atoms. The SMILES string of the molecule is O=C(Cc1ccccc1Cl)NNC(=O)c1ccccc1Br. The van der Waals surface area contributed by atoms with Gasteiger partial charge in [-0.15, -0.1) is 0 Å². The summed E-state index contributed by atoms with van der Waals surface area (Å²) in [5.41, 5.74) is 5.87. The summed E-state index contributed by atoms with van der Waals surface area (Å²) in [5.74, 6) is -0.738. The molecule has 2 aromatic rings. The van der Waals surface area contributed by atoms with Crippen LogP contribution < -0.4 is 10.9 Å². The summed E-state index contributed by atoms with van der Waals surface area (Å²) >= 11 is 9.25. The molecule has 0 unspecified atom stereocenters. The Labute approximate surface area is 135 Å². The van der Waals surface area contributed by atoms with Crippen molar-refractivity contribution in [3.8, 4) is 0 Å². The second-order valence-corrected chi connectivity index (χ2v) is 5.51. The van der Waals surface area contributed by atoms with Crippen LogP contribution in [0.2, 0.25) is 5.02 Å². The van der Waals surface area contributed by atoms with Crippen LogP contribution in [0.3, 0.4) is 0 Å². The third-order valence-electron chi connectivity index (χ3n) is 2.74. The fourth-order valence-electron chi connectivity index (χ4n) is 1.70. The molecule has 6 heteroatoms. The van der Waals surface area contributed by atoms with Crippen LogP contribution in [0.5, 0.6) is 0 Å². The molecule has 0 aromatic heterocycles. The summed E-state index contributed by atoms with van der Waals surface area (Å²) in [6, 6.07) is 14.0. The lowest BCUT2D eigenvalue weighted by Crippen LogP contribution is -2.42. The zero-order chi connectivity index (χ0) is 15.2. The molecule has 2 rings (SSSR count). The zero-order valence-corrected chi connectivity index (χ0v) is 13.2. The van der Waals surface area contributed by atoms with Gasteiger partial charge in [0.05, 0.1) is 12.0 Å². The Kier molecular flexibility index (Phi) is 5.36. The molecule has 0 atom stereocenters. The number of carbonyl (C=O) groups excluding carboxylic acids is 2. The normalized spacial score (nSPS) is 10.0. The van der Waals surface area contributed by atoms with Crippen molar-refractivity contribution in [2.75, 3.05) is 0 Å². The van der Waals surface area contributed by atoms with Gasteiger partial charge in [-0.1, -0.05) is 41.9 Å². The van der Waals surface area contributed by atoms with Gasteiger partial charge in [0.15, 0.2) is 0 Å². The van der Waals surface area contributed by atoms with Crippen molar-refractivity contribution >= 4 is 39.3 Å². The predicted octanol–water partition coefficient (Wildman–Crippen LogP) is 3.11. The summed E-state index contributed by atoms with van der Waals surface area (Å²) in [6.45, 7) is 0. The molecule has 0 aliphatic carbocycles. The molecule has 2 amide bonds. The van der Waals surface area contributed by atoms with Crippen LogP contribution in [0.1, 0.15) is 15.9 Å². The quantitative estimate of drug-likeness (QED) is 0.819. The maximum atomic E-state index is 11.9. The van der Waals surface area contributed by atoms with E-state index in [2.05, 4.69) is 26.8 Å². The number of nitrogens with one attached hydrogen (secondary N) is 2.